The van der Waals surface area contributed by atoms with E-state index < -0.39 is 0 Å². The molecule has 3 heteroatoms. The summed E-state index contributed by atoms with van der Waals surface area (Å²) in [5.41, 5.74) is 1.25. The first-order valence-corrected chi connectivity index (χ1v) is 6.05. The fraction of sp³-hybridized carbons (Fsp3) is 0.273. The van der Waals surface area contributed by atoms with Crippen LogP contribution in [-0.2, 0) is 5.75 Å². The van der Waals surface area contributed by atoms with Gasteiger partial charge in [-0.25, -0.2) is 0 Å². The van der Waals surface area contributed by atoms with E-state index in [0.29, 0.717) is 0 Å². The van der Waals surface area contributed by atoms with Crippen LogP contribution in [0, 0.1) is 0 Å². The number of amides is 1. The zero-order chi connectivity index (χ0) is 9.97. The summed E-state index contributed by atoms with van der Waals surface area (Å²) in [6.07, 6.45) is 0. The number of rotatable bonds is 2. The lowest BCUT2D eigenvalue weighted by Gasteiger charge is -2.08. The summed E-state index contributed by atoms with van der Waals surface area (Å²) in [7, 11) is 1.67. The summed E-state index contributed by atoms with van der Waals surface area (Å²) in [6.45, 7) is 0.800. The molecule has 0 bridgehead atoms. The van der Waals surface area contributed by atoms with Gasteiger partial charge in [-0.3, -0.25) is 4.79 Å². The molecule has 2 nitrogen and oxygen atoms in total. The van der Waals surface area contributed by atoms with E-state index in [0.717, 1.165) is 12.3 Å². The highest BCUT2D eigenvalue weighted by Gasteiger charge is 2.18. The van der Waals surface area contributed by atoms with Crippen molar-refractivity contribution in [3.05, 3.63) is 35.9 Å². The molecule has 0 aliphatic carbocycles. The monoisotopic (exact) mass is 207 g/mol. The molecule has 0 N–H and O–H groups in total. The van der Waals surface area contributed by atoms with Crippen molar-refractivity contribution in [1.82, 2.24) is 4.90 Å². The smallest absolute Gasteiger partial charge is 0.276 e. The SMILES string of the molecule is CN1CC=S(Cc2ccccc2)C1=O. The second-order valence-electron chi connectivity index (χ2n) is 3.37. The van der Waals surface area contributed by atoms with Gasteiger partial charge < -0.3 is 4.90 Å². The molecule has 1 aliphatic rings. The first kappa shape index (κ1) is 9.46. The standard InChI is InChI=1S/C11H13NOS/c1-12-7-8-14(11(12)13)9-10-5-3-2-4-6-10/h2-6,8H,7,9H2,1H3. The Balaban J connectivity index is 2.10. The maximum absolute atomic E-state index is 11.6. The Bertz CT molecular complexity index is 372. The Labute approximate surface area is 86.5 Å². The van der Waals surface area contributed by atoms with Crippen LogP contribution in [0.5, 0.6) is 0 Å². The summed E-state index contributed by atoms with van der Waals surface area (Å²) >= 11 is 0. The molecule has 1 aliphatic heterocycles. The Morgan fingerprint density at radius 1 is 1.36 bits per heavy atom. The summed E-state index contributed by atoms with van der Waals surface area (Å²) in [5, 5.41) is 2.39. The second-order valence-corrected chi connectivity index (χ2v) is 5.20. The molecule has 0 saturated heterocycles. The van der Waals surface area contributed by atoms with Crippen LogP contribution in [-0.4, -0.2) is 29.1 Å². The summed E-state index contributed by atoms with van der Waals surface area (Å²) in [4.78, 5) is 13.4. The maximum Gasteiger partial charge on any atom is 0.276 e. The van der Waals surface area contributed by atoms with E-state index in [1.807, 2.05) is 25.2 Å². The third kappa shape index (κ3) is 1.87. The average molecular weight is 207 g/mol. The molecule has 0 spiro atoms. The van der Waals surface area contributed by atoms with Gasteiger partial charge in [-0.15, -0.1) is 0 Å². The first-order valence-electron chi connectivity index (χ1n) is 4.59. The van der Waals surface area contributed by atoms with Gasteiger partial charge in [0.2, 0.25) is 0 Å². The number of carbonyl (C=O) groups is 1. The van der Waals surface area contributed by atoms with Crippen LogP contribution >= 0.6 is 10.5 Å². The fourth-order valence-corrected chi connectivity index (χ4v) is 3.24. The van der Waals surface area contributed by atoms with E-state index in [1.54, 1.807) is 4.90 Å². The van der Waals surface area contributed by atoms with E-state index >= 15 is 0 Å². The average Bonchev–Trinajstić information content (AvgIpc) is 2.52. The van der Waals surface area contributed by atoms with Gasteiger partial charge in [0.25, 0.3) is 5.24 Å². The lowest BCUT2D eigenvalue weighted by Crippen LogP contribution is -2.18. The van der Waals surface area contributed by atoms with Crippen molar-refractivity contribution >= 4 is 21.1 Å². The molecule has 14 heavy (non-hydrogen) atoms. The minimum atomic E-state index is -0.191. The van der Waals surface area contributed by atoms with Crippen LogP contribution in [0.3, 0.4) is 0 Å². The van der Waals surface area contributed by atoms with Crippen LogP contribution in [0.2, 0.25) is 0 Å². The molecule has 0 fully saturated rings. The van der Waals surface area contributed by atoms with E-state index in [4.69, 9.17) is 0 Å². The third-order valence-electron chi connectivity index (χ3n) is 2.25. The molecular weight excluding hydrogens is 194 g/mol. The predicted molar refractivity (Wildman–Crippen MR) is 61.8 cm³/mol. The second kappa shape index (κ2) is 3.96. The van der Waals surface area contributed by atoms with Crippen LogP contribution in [0.25, 0.3) is 0 Å². The van der Waals surface area contributed by atoms with Gasteiger partial charge >= 0.3 is 0 Å². The van der Waals surface area contributed by atoms with E-state index in [1.165, 1.54) is 5.56 Å². The number of hydrogen-bond donors (Lipinski definition) is 0. The molecule has 1 aromatic carbocycles. The van der Waals surface area contributed by atoms with Crippen LogP contribution < -0.4 is 0 Å². The van der Waals surface area contributed by atoms with Crippen molar-refractivity contribution in [2.75, 3.05) is 13.6 Å². The van der Waals surface area contributed by atoms with Gasteiger partial charge in [0, 0.05) is 19.3 Å². The predicted octanol–water partition coefficient (Wildman–Crippen LogP) is 2.32. The van der Waals surface area contributed by atoms with Crippen molar-refractivity contribution in [3.8, 4) is 0 Å². The third-order valence-corrected chi connectivity index (χ3v) is 4.21. The number of benzene rings is 1. The first-order chi connectivity index (χ1) is 6.77. The van der Waals surface area contributed by atoms with E-state index in [2.05, 4.69) is 17.5 Å². The molecule has 74 valence electrons. The van der Waals surface area contributed by atoms with Crippen LogP contribution in [0.1, 0.15) is 5.56 Å². The quantitative estimate of drug-likeness (QED) is 0.681. The Morgan fingerprint density at radius 2 is 2.07 bits per heavy atom. The Kier molecular flexibility index (Phi) is 2.68. The van der Waals surface area contributed by atoms with Gasteiger partial charge in [-0.05, 0) is 10.9 Å². The molecule has 1 atom stereocenters. The molecule has 1 aromatic rings. The Morgan fingerprint density at radius 3 is 2.64 bits per heavy atom. The van der Waals surface area contributed by atoms with Crippen LogP contribution in [0.15, 0.2) is 30.3 Å². The molecule has 1 amide bonds. The Hall–Kier alpha value is -1.09. The summed E-state index contributed by atoms with van der Waals surface area (Å²) < 4.78 is 0. The lowest BCUT2D eigenvalue weighted by atomic mass is 10.2. The van der Waals surface area contributed by atoms with Crippen molar-refractivity contribution in [3.63, 3.8) is 0 Å². The summed E-state index contributed by atoms with van der Waals surface area (Å²) in [6, 6.07) is 10.2. The highest BCUT2D eigenvalue weighted by molar-refractivity contribution is 8.27. The minimum absolute atomic E-state index is 0.191. The topological polar surface area (TPSA) is 20.3 Å². The number of hydrogen-bond acceptors (Lipinski definition) is 1. The van der Waals surface area contributed by atoms with Gasteiger partial charge in [0.15, 0.2) is 0 Å². The molecular formula is C11H13NOS. The zero-order valence-corrected chi connectivity index (χ0v) is 8.96. The van der Waals surface area contributed by atoms with Gasteiger partial charge in [-0.1, -0.05) is 40.8 Å². The highest BCUT2D eigenvalue weighted by Crippen LogP contribution is 2.26. The molecule has 1 heterocycles. The van der Waals surface area contributed by atoms with Crippen molar-refractivity contribution in [2.45, 2.75) is 5.75 Å². The van der Waals surface area contributed by atoms with Gasteiger partial charge in [-0.2, -0.15) is 0 Å². The van der Waals surface area contributed by atoms with Crippen LogP contribution in [0.4, 0.5) is 4.79 Å². The lowest BCUT2D eigenvalue weighted by molar-refractivity contribution is 0.240. The van der Waals surface area contributed by atoms with E-state index in [-0.39, 0.29) is 15.7 Å². The van der Waals surface area contributed by atoms with Crippen molar-refractivity contribution in [2.24, 2.45) is 0 Å². The molecule has 0 radical (unpaired) electrons. The van der Waals surface area contributed by atoms with Crippen molar-refractivity contribution < 1.29 is 4.79 Å². The molecule has 0 saturated carbocycles. The van der Waals surface area contributed by atoms with Gasteiger partial charge in [0.05, 0.1) is 0 Å². The molecule has 1 unspecified atom stereocenters. The fourth-order valence-electron chi connectivity index (χ4n) is 1.42. The number of carbonyl (C=O) groups excluding carboxylic acids is 1. The largest absolute Gasteiger partial charge is 0.333 e. The zero-order valence-electron chi connectivity index (χ0n) is 8.14. The minimum Gasteiger partial charge on any atom is -0.333 e. The van der Waals surface area contributed by atoms with Crippen molar-refractivity contribution in [1.29, 1.82) is 0 Å². The number of nitrogens with zero attached hydrogens (tertiary/aromatic N) is 1. The van der Waals surface area contributed by atoms with Gasteiger partial charge in [0.1, 0.15) is 0 Å². The summed E-state index contributed by atoms with van der Waals surface area (Å²) in [5.74, 6) is 0.865. The normalized spacial score (nSPS) is 21.1. The molecule has 2 rings (SSSR count). The maximum atomic E-state index is 11.6. The highest BCUT2D eigenvalue weighted by atomic mass is 32.2. The van der Waals surface area contributed by atoms with E-state index in [9.17, 15) is 4.79 Å². The molecule has 0 aromatic heterocycles.